The summed E-state index contributed by atoms with van der Waals surface area (Å²) in [6, 6.07) is 17.4. The second-order valence-electron chi connectivity index (χ2n) is 7.98. The van der Waals surface area contributed by atoms with Gasteiger partial charge in [0.2, 0.25) is 0 Å². The number of aliphatic imine (C=N–C) groups is 1. The molecule has 0 saturated heterocycles. The number of hydrogen-bond acceptors (Lipinski definition) is 8. The summed E-state index contributed by atoms with van der Waals surface area (Å²) in [6.07, 6.45) is 2.77. The first kappa shape index (κ1) is 24.7. The number of thioether (sulfide) groups is 1. The normalized spacial score (nSPS) is 14.2. The minimum absolute atomic E-state index is 0.116. The van der Waals surface area contributed by atoms with Gasteiger partial charge in [0.25, 0.3) is 0 Å². The summed E-state index contributed by atoms with van der Waals surface area (Å²) in [4.78, 5) is 19.8. The number of carboxylic acids is 1. The number of pyridine rings is 1. The maximum Gasteiger partial charge on any atom is 0.303 e. The van der Waals surface area contributed by atoms with E-state index in [4.69, 9.17) is 4.74 Å². The van der Waals surface area contributed by atoms with E-state index < -0.39 is 21.7 Å². The zero-order chi connectivity index (χ0) is 24.7. The molecule has 1 aromatic heterocycles. The molecule has 0 aliphatic carbocycles. The van der Waals surface area contributed by atoms with Gasteiger partial charge in [-0.3, -0.25) is 14.8 Å². The Bertz CT molecular complexity index is 1300. The molecule has 10 heteroatoms. The van der Waals surface area contributed by atoms with Crippen LogP contribution in [0.4, 0.5) is 5.69 Å². The van der Waals surface area contributed by atoms with Crippen molar-refractivity contribution in [1.29, 1.82) is 0 Å². The van der Waals surface area contributed by atoms with Crippen molar-refractivity contribution in [3.05, 3.63) is 84.2 Å². The Morgan fingerprint density at radius 3 is 2.66 bits per heavy atom. The van der Waals surface area contributed by atoms with Crippen molar-refractivity contribution in [3.8, 4) is 5.75 Å². The number of aliphatic carboxylic acids is 1. The summed E-state index contributed by atoms with van der Waals surface area (Å²) in [7, 11) is -3.72. The Labute approximate surface area is 208 Å². The molecule has 0 radical (unpaired) electrons. The average molecular weight is 512 g/mol. The van der Waals surface area contributed by atoms with Crippen molar-refractivity contribution in [2.75, 3.05) is 23.4 Å². The van der Waals surface area contributed by atoms with E-state index >= 15 is 0 Å². The zero-order valence-corrected chi connectivity index (χ0v) is 20.5. The van der Waals surface area contributed by atoms with E-state index in [0.29, 0.717) is 17.9 Å². The van der Waals surface area contributed by atoms with E-state index in [1.54, 1.807) is 42.2 Å². The van der Waals surface area contributed by atoms with Gasteiger partial charge in [-0.1, -0.05) is 30.0 Å². The lowest BCUT2D eigenvalue weighted by Crippen LogP contribution is -2.18. The summed E-state index contributed by atoms with van der Waals surface area (Å²) < 4.78 is 31.8. The maximum absolute atomic E-state index is 13.0. The highest BCUT2D eigenvalue weighted by molar-refractivity contribution is 8.14. The molecular formula is C25H25N3O5S2. The number of carbonyl (C=O) groups is 1. The maximum atomic E-state index is 13.0. The van der Waals surface area contributed by atoms with E-state index in [2.05, 4.69) is 15.3 Å². The van der Waals surface area contributed by atoms with Gasteiger partial charge in [0.15, 0.2) is 15.0 Å². The first-order valence-electron chi connectivity index (χ1n) is 11.0. The second kappa shape index (κ2) is 11.4. The van der Waals surface area contributed by atoms with Gasteiger partial charge in [0.1, 0.15) is 12.4 Å². The SMILES string of the molecule is O=C(O)CC(CS(=O)(=O)c1ccc(OCc2cccc(NC3=NCCS3)c2)cc1)c1cccnc1. The van der Waals surface area contributed by atoms with Crippen LogP contribution in [0.2, 0.25) is 0 Å². The number of aromatic nitrogens is 1. The largest absolute Gasteiger partial charge is 0.489 e. The van der Waals surface area contributed by atoms with Crippen molar-refractivity contribution >= 4 is 38.4 Å². The smallest absolute Gasteiger partial charge is 0.303 e. The number of anilines is 1. The number of rotatable bonds is 10. The van der Waals surface area contributed by atoms with Crippen LogP contribution in [0.5, 0.6) is 5.75 Å². The average Bonchev–Trinajstić information content (AvgIpc) is 3.36. The van der Waals surface area contributed by atoms with E-state index in [1.807, 2.05) is 24.3 Å². The van der Waals surface area contributed by atoms with Crippen molar-refractivity contribution in [2.24, 2.45) is 4.99 Å². The molecule has 1 unspecified atom stereocenters. The van der Waals surface area contributed by atoms with Gasteiger partial charge in [-0.2, -0.15) is 0 Å². The second-order valence-corrected chi connectivity index (χ2v) is 11.1. The Kier molecular flexibility index (Phi) is 8.04. The van der Waals surface area contributed by atoms with Gasteiger partial charge in [0, 0.05) is 29.8 Å². The molecule has 1 aliphatic heterocycles. The Morgan fingerprint density at radius 2 is 1.97 bits per heavy atom. The number of sulfone groups is 1. The molecule has 0 fully saturated rings. The fraction of sp³-hybridized carbons (Fsp3) is 0.240. The molecule has 0 amide bonds. The molecule has 35 heavy (non-hydrogen) atoms. The van der Waals surface area contributed by atoms with Crippen LogP contribution in [-0.4, -0.2) is 47.7 Å². The number of nitrogens with one attached hydrogen (secondary N) is 1. The van der Waals surface area contributed by atoms with Crippen LogP contribution in [0.25, 0.3) is 0 Å². The summed E-state index contributed by atoms with van der Waals surface area (Å²) in [5.41, 5.74) is 2.47. The quantitative estimate of drug-likeness (QED) is 0.416. The van der Waals surface area contributed by atoms with Crippen LogP contribution in [0, 0.1) is 0 Å². The van der Waals surface area contributed by atoms with Crippen LogP contribution in [0.3, 0.4) is 0 Å². The third kappa shape index (κ3) is 7.06. The molecular weight excluding hydrogens is 486 g/mol. The molecule has 1 aliphatic rings. The summed E-state index contributed by atoms with van der Waals surface area (Å²) >= 11 is 1.69. The van der Waals surface area contributed by atoms with Crippen LogP contribution < -0.4 is 10.1 Å². The zero-order valence-electron chi connectivity index (χ0n) is 18.8. The van der Waals surface area contributed by atoms with Crippen LogP contribution >= 0.6 is 11.8 Å². The number of nitrogens with zero attached hydrogens (tertiary/aromatic N) is 2. The fourth-order valence-electron chi connectivity index (χ4n) is 3.65. The molecule has 1 atom stereocenters. The Morgan fingerprint density at radius 1 is 1.14 bits per heavy atom. The van der Waals surface area contributed by atoms with E-state index in [9.17, 15) is 18.3 Å². The van der Waals surface area contributed by atoms with Crippen molar-refractivity contribution < 1.29 is 23.1 Å². The van der Waals surface area contributed by atoms with E-state index in [1.165, 1.54) is 18.3 Å². The van der Waals surface area contributed by atoms with Gasteiger partial charge in [-0.05, 0) is 53.6 Å². The minimum atomic E-state index is -3.72. The van der Waals surface area contributed by atoms with Gasteiger partial charge < -0.3 is 15.2 Å². The third-order valence-electron chi connectivity index (χ3n) is 5.35. The Balaban J connectivity index is 1.39. The number of carboxylic acid groups (broad SMARTS) is 1. The van der Waals surface area contributed by atoms with Crippen molar-refractivity contribution in [2.45, 2.75) is 23.8 Å². The molecule has 0 saturated carbocycles. The highest BCUT2D eigenvalue weighted by Gasteiger charge is 2.25. The molecule has 8 nitrogen and oxygen atoms in total. The van der Waals surface area contributed by atoms with Crippen LogP contribution in [-0.2, 0) is 21.2 Å². The Hall–Kier alpha value is -3.37. The number of amidine groups is 1. The van der Waals surface area contributed by atoms with Gasteiger partial charge in [-0.25, -0.2) is 8.42 Å². The van der Waals surface area contributed by atoms with Crippen LogP contribution in [0.15, 0.2) is 82.9 Å². The monoisotopic (exact) mass is 511 g/mol. The topological polar surface area (TPSA) is 118 Å². The molecule has 182 valence electrons. The molecule has 4 rings (SSSR count). The molecule has 0 spiro atoms. The molecule has 3 aromatic rings. The lowest BCUT2D eigenvalue weighted by atomic mass is 10.00. The van der Waals surface area contributed by atoms with Crippen molar-refractivity contribution in [3.63, 3.8) is 0 Å². The summed E-state index contributed by atoms with van der Waals surface area (Å²) in [6.45, 7) is 1.15. The van der Waals surface area contributed by atoms with E-state index in [-0.39, 0.29) is 17.1 Å². The summed E-state index contributed by atoms with van der Waals surface area (Å²) in [5.74, 6) is -0.564. The highest BCUT2D eigenvalue weighted by Crippen LogP contribution is 2.26. The van der Waals surface area contributed by atoms with Gasteiger partial charge in [0.05, 0.1) is 23.6 Å². The lowest BCUT2D eigenvalue weighted by molar-refractivity contribution is -0.137. The van der Waals surface area contributed by atoms with Crippen molar-refractivity contribution in [1.82, 2.24) is 4.98 Å². The number of ether oxygens (including phenoxy) is 1. The predicted molar refractivity (Wildman–Crippen MR) is 137 cm³/mol. The minimum Gasteiger partial charge on any atom is -0.489 e. The fourth-order valence-corrected chi connectivity index (χ4v) is 5.98. The number of benzene rings is 2. The van der Waals surface area contributed by atoms with Gasteiger partial charge >= 0.3 is 5.97 Å². The standard InChI is InChI=1S/C25H25N3O5S2/c29-24(30)14-20(19-4-2-10-26-15-19)17-35(31,32)23-8-6-22(7-9-23)33-16-18-3-1-5-21(13-18)28-25-27-11-12-34-25/h1-10,13,15,20H,11-12,14,16-17H2,(H,27,28)(H,29,30). The highest BCUT2D eigenvalue weighted by atomic mass is 32.2. The molecule has 2 aromatic carbocycles. The lowest BCUT2D eigenvalue weighted by Gasteiger charge is -2.15. The number of hydrogen-bond donors (Lipinski definition) is 2. The first-order chi connectivity index (χ1) is 16.9. The molecule has 0 bridgehead atoms. The molecule has 2 heterocycles. The van der Waals surface area contributed by atoms with Gasteiger partial charge in [-0.15, -0.1) is 0 Å². The third-order valence-corrected chi connectivity index (χ3v) is 8.07. The summed E-state index contributed by atoms with van der Waals surface area (Å²) in [5, 5.41) is 13.5. The van der Waals surface area contributed by atoms with Crippen LogP contribution in [0.1, 0.15) is 23.5 Å². The first-order valence-corrected chi connectivity index (χ1v) is 13.6. The van der Waals surface area contributed by atoms with E-state index in [0.717, 1.165) is 28.7 Å². The molecule has 2 N–H and O–H groups in total. The predicted octanol–water partition coefficient (Wildman–Crippen LogP) is 4.21.